The SMILES string of the molecule is CS(=O)N1CCC(n2cc(-c3cccc(C(N)=S)c3)c3ccc(CNC(=O)C4CNC4)c(Br)c32)CC1. The predicted molar refractivity (Wildman–Crippen MR) is 153 cm³/mol. The Morgan fingerprint density at radius 2 is 2.00 bits per heavy atom. The minimum absolute atomic E-state index is 0.0539. The first-order valence-corrected chi connectivity index (χ1v) is 14.8. The van der Waals surface area contributed by atoms with Crippen LogP contribution in [0.5, 0.6) is 0 Å². The Labute approximate surface area is 227 Å². The number of nitrogens with zero attached hydrogens (tertiary/aromatic N) is 2. The van der Waals surface area contributed by atoms with Crippen LogP contribution < -0.4 is 16.4 Å². The lowest BCUT2D eigenvalue weighted by Gasteiger charge is -2.31. The molecule has 0 spiro atoms. The number of nitrogens with one attached hydrogen (secondary N) is 2. The fourth-order valence-corrected chi connectivity index (χ4v) is 6.56. The molecule has 2 aliphatic heterocycles. The molecule has 190 valence electrons. The van der Waals surface area contributed by atoms with Crippen LogP contribution in [0, 0.1) is 5.92 Å². The van der Waals surface area contributed by atoms with Gasteiger partial charge in [0.15, 0.2) is 0 Å². The van der Waals surface area contributed by atoms with Gasteiger partial charge in [-0.25, -0.2) is 8.51 Å². The average Bonchev–Trinajstić information content (AvgIpc) is 3.23. The molecule has 0 radical (unpaired) electrons. The number of aromatic nitrogens is 1. The second kappa shape index (κ2) is 10.7. The van der Waals surface area contributed by atoms with Crippen molar-refractivity contribution in [2.24, 2.45) is 11.7 Å². The van der Waals surface area contributed by atoms with Gasteiger partial charge in [0, 0.05) is 72.2 Å². The summed E-state index contributed by atoms with van der Waals surface area (Å²) in [6.45, 7) is 3.54. The van der Waals surface area contributed by atoms with Crippen molar-refractivity contribution in [3.05, 3.63) is 58.2 Å². The number of rotatable bonds is 7. The number of piperidine rings is 1. The number of fused-ring (bicyclic) bond motifs is 1. The first-order chi connectivity index (χ1) is 17.3. The number of amides is 1. The highest BCUT2D eigenvalue weighted by Gasteiger charge is 2.27. The van der Waals surface area contributed by atoms with Gasteiger partial charge in [0.05, 0.1) is 22.4 Å². The van der Waals surface area contributed by atoms with Crippen molar-refractivity contribution in [1.29, 1.82) is 0 Å². The van der Waals surface area contributed by atoms with Gasteiger partial charge in [0.1, 0.15) is 4.99 Å². The van der Waals surface area contributed by atoms with Gasteiger partial charge in [-0.05, 0) is 46.0 Å². The lowest BCUT2D eigenvalue weighted by Crippen LogP contribution is -2.50. The second-order valence-electron chi connectivity index (χ2n) is 9.49. The molecule has 2 fully saturated rings. The Bertz CT molecular complexity index is 1350. The molecule has 10 heteroatoms. The minimum Gasteiger partial charge on any atom is -0.389 e. The van der Waals surface area contributed by atoms with E-state index >= 15 is 0 Å². The van der Waals surface area contributed by atoms with E-state index in [1.54, 1.807) is 6.26 Å². The number of hydrogen-bond acceptors (Lipinski definition) is 4. The molecule has 0 bridgehead atoms. The van der Waals surface area contributed by atoms with Crippen molar-refractivity contribution < 1.29 is 9.00 Å². The number of carbonyl (C=O) groups is 1. The molecule has 1 atom stereocenters. The number of thiocarbonyl (C=S) groups is 1. The van der Waals surface area contributed by atoms with Crippen LogP contribution in [0.25, 0.3) is 22.0 Å². The third-order valence-electron chi connectivity index (χ3n) is 7.26. The first-order valence-electron chi connectivity index (χ1n) is 12.1. The van der Waals surface area contributed by atoms with Gasteiger partial charge in [0.25, 0.3) is 0 Å². The maximum atomic E-state index is 12.4. The van der Waals surface area contributed by atoms with Gasteiger partial charge >= 0.3 is 0 Å². The molecular formula is C26H30BrN5O2S2. The summed E-state index contributed by atoms with van der Waals surface area (Å²) >= 11 is 9.12. The van der Waals surface area contributed by atoms with Crippen molar-refractivity contribution in [1.82, 2.24) is 19.5 Å². The highest BCUT2D eigenvalue weighted by atomic mass is 79.9. The maximum Gasteiger partial charge on any atom is 0.225 e. The second-order valence-corrected chi connectivity index (χ2v) is 12.1. The summed E-state index contributed by atoms with van der Waals surface area (Å²) in [4.78, 5) is 12.8. The summed E-state index contributed by atoms with van der Waals surface area (Å²) in [5, 5.41) is 7.37. The third-order valence-corrected chi connectivity index (χ3v) is 9.47. The predicted octanol–water partition coefficient (Wildman–Crippen LogP) is 3.47. The molecule has 7 nitrogen and oxygen atoms in total. The molecule has 36 heavy (non-hydrogen) atoms. The smallest absolute Gasteiger partial charge is 0.225 e. The highest BCUT2D eigenvalue weighted by molar-refractivity contribution is 9.10. The molecular weight excluding hydrogens is 558 g/mol. The number of halogens is 1. The van der Waals surface area contributed by atoms with E-state index in [-0.39, 0.29) is 17.9 Å². The molecule has 2 saturated heterocycles. The van der Waals surface area contributed by atoms with Crippen LogP contribution in [-0.2, 0) is 22.3 Å². The molecule has 0 saturated carbocycles. The molecule has 2 aliphatic rings. The zero-order valence-electron chi connectivity index (χ0n) is 20.1. The highest BCUT2D eigenvalue weighted by Crippen LogP contribution is 2.40. The van der Waals surface area contributed by atoms with Gasteiger partial charge in [-0.15, -0.1) is 0 Å². The normalized spacial score (nSPS) is 18.2. The molecule has 0 aliphatic carbocycles. The number of hydrogen-bond donors (Lipinski definition) is 3. The van der Waals surface area contributed by atoms with Crippen LogP contribution in [0.3, 0.4) is 0 Å². The fourth-order valence-electron chi connectivity index (χ4n) is 5.02. The van der Waals surface area contributed by atoms with Crippen molar-refractivity contribution >= 4 is 60.9 Å². The van der Waals surface area contributed by atoms with E-state index in [9.17, 15) is 9.00 Å². The number of carbonyl (C=O) groups excluding carboxylic acids is 1. The van der Waals surface area contributed by atoms with Crippen LogP contribution in [0.2, 0.25) is 0 Å². The van der Waals surface area contributed by atoms with E-state index in [1.165, 1.54) is 0 Å². The van der Waals surface area contributed by atoms with E-state index < -0.39 is 11.0 Å². The summed E-state index contributed by atoms with van der Waals surface area (Å²) < 4.78 is 17.4. The summed E-state index contributed by atoms with van der Waals surface area (Å²) in [6.07, 6.45) is 5.80. The van der Waals surface area contributed by atoms with Crippen molar-refractivity contribution in [2.45, 2.75) is 25.4 Å². The monoisotopic (exact) mass is 587 g/mol. The van der Waals surface area contributed by atoms with Crippen LogP contribution in [-0.4, -0.2) is 56.4 Å². The first kappa shape index (κ1) is 25.5. The van der Waals surface area contributed by atoms with Crippen LogP contribution in [0.1, 0.15) is 30.0 Å². The molecule has 5 rings (SSSR count). The van der Waals surface area contributed by atoms with E-state index in [1.807, 2.05) is 22.5 Å². The fraction of sp³-hybridized carbons (Fsp3) is 0.385. The average molecular weight is 589 g/mol. The van der Waals surface area contributed by atoms with E-state index in [0.29, 0.717) is 11.5 Å². The Kier molecular flexibility index (Phi) is 7.60. The van der Waals surface area contributed by atoms with Crippen LogP contribution in [0.15, 0.2) is 47.1 Å². The summed E-state index contributed by atoms with van der Waals surface area (Å²) in [7, 11) is -0.951. The van der Waals surface area contributed by atoms with Gasteiger partial charge in [-0.3, -0.25) is 4.79 Å². The summed E-state index contributed by atoms with van der Waals surface area (Å²) in [5.41, 5.74) is 11.1. The van der Waals surface area contributed by atoms with Gasteiger partial charge in [0.2, 0.25) is 5.91 Å². The molecule has 4 N–H and O–H groups in total. The third kappa shape index (κ3) is 5.02. The van der Waals surface area contributed by atoms with E-state index in [2.05, 4.69) is 55.5 Å². The van der Waals surface area contributed by atoms with Crippen LogP contribution in [0.4, 0.5) is 0 Å². The van der Waals surface area contributed by atoms with Crippen molar-refractivity contribution in [3.63, 3.8) is 0 Å². The zero-order chi connectivity index (χ0) is 25.4. The molecule has 1 unspecified atom stereocenters. The van der Waals surface area contributed by atoms with Gasteiger partial charge in [-0.2, -0.15) is 0 Å². The number of benzene rings is 2. The lowest BCUT2D eigenvalue weighted by molar-refractivity contribution is -0.126. The summed E-state index contributed by atoms with van der Waals surface area (Å²) in [6, 6.07) is 12.5. The molecule has 3 aromatic rings. The molecule has 3 heterocycles. The van der Waals surface area contributed by atoms with Crippen LogP contribution >= 0.6 is 28.1 Å². The largest absolute Gasteiger partial charge is 0.389 e. The molecule has 2 aromatic carbocycles. The van der Waals surface area contributed by atoms with Crippen molar-refractivity contribution in [2.75, 3.05) is 32.4 Å². The van der Waals surface area contributed by atoms with Gasteiger partial charge in [-0.1, -0.05) is 42.5 Å². The van der Waals surface area contributed by atoms with E-state index in [0.717, 1.165) is 76.7 Å². The Morgan fingerprint density at radius 3 is 2.64 bits per heavy atom. The summed E-state index contributed by atoms with van der Waals surface area (Å²) in [5.74, 6) is 0.143. The standard InChI is InChI=1S/C26H30BrN5O2S2/c1-36(34)31-9-7-20(8-10-31)32-15-22(16-3-2-4-17(11-16)25(28)35)21-6-5-18(23(27)24(21)32)14-30-26(33)19-12-29-13-19/h2-6,11,15,19-20,29H,7-10,12-14H2,1H3,(H2,28,35)(H,30,33). The van der Waals surface area contributed by atoms with Crippen molar-refractivity contribution in [3.8, 4) is 11.1 Å². The quantitative estimate of drug-likeness (QED) is 0.368. The lowest BCUT2D eigenvalue weighted by atomic mass is 10.0. The maximum absolute atomic E-state index is 12.4. The minimum atomic E-state index is -0.951. The Hall–Kier alpha value is -2.11. The Morgan fingerprint density at radius 1 is 1.25 bits per heavy atom. The van der Waals surface area contributed by atoms with Gasteiger partial charge < -0.3 is 20.9 Å². The number of nitrogens with two attached hydrogens (primary N) is 1. The van der Waals surface area contributed by atoms with E-state index in [4.69, 9.17) is 18.0 Å². The molecule has 1 amide bonds. The Balaban J connectivity index is 1.55. The topological polar surface area (TPSA) is 92.4 Å². The molecule has 1 aromatic heterocycles. The zero-order valence-corrected chi connectivity index (χ0v) is 23.3.